The molecular weight excluding hydrogens is 473 g/mol. The normalized spacial score (nSPS) is 11.8. The fourth-order valence-electron chi connectivity index (χ4n) is 3.42. The van der Waals surface area contributed by atoms with E-state index in [4.69, 9.17) is 11.6 Å². The molecule has 1 aromatic heterocycles. The van der Waals surface area contributed by atoms with Gasteiger partial charge in [-0.25, -0.2) is 9.18 Å². The summed E-state index contributed by atoms with van der Waals surface area (Å²) in [7, 11) is 0. The number of aryl methyl sites for hydroxylation is 1. The number of carbonyl (C=O) groups is 1. The van der Waals surface area contributed by atoms with Crippen LogP contribution in [0.1, 0.15) is 29.9 Å². The highest BCUT2D eigenvalue weighted by molar-refractivity contribution is 7.98. The minimum atomic E-state index is -0.495. The van der Waals surface area contributed by atoms with Gasteiger partial charge in [0.05, 0.1) is 11.7 Å². The van der Waals surface area contributed by atoms with Crippen LogP contribution in [-0.2, 0) is 5.75 Å². The number of nitrogens with one attached hydrogen (secondary N) is 2. The third-order valence-electron chi connectivity index (χ3n) is 5.10. The summed E-state index contributed by atoms with van der Waals surface area (Å²) < 4.78 is 15.4. The zero-order chi connectivity index (χ0) is 24.1. The van der Waals surface area contributed by atoms with Crippen molar-refractivity contribution in [3.63, 3.8) is 0 Å². The zero-order valence-corrected chi connectivity index (χ0v) is 20.2. The first kappa shape index (κ1) is 23.8. The second-order valence-electron chi connectivity index (χ2n) is 7.71. The summed E-state index contributed by atoms with van der Waals surface area (Å²) in [6, 6.07) is 20.4. The van der Waals surface area contributed by atoms with Crippen LogP contribution in [0.5, 0.6) is 0 Å². The smallest absolute Gasteiger partial charge is 0.319 e. The van der Waals surface area contributed by atoms with Gasteiger partial charge in [0.25, 0.3) is 0 Å². The van der Waals surface area contributed by atoms with Crippen LogP contribution < -0.4 is 10.6 Å². The number of benzene rings is 3. The van der Waals surface area contributed by atoms with E-state index in [0.717, 1.165) is 16.8 Å². The van der Waals surface area contributed by atoms with Crippen LogP contribution in [0.2, 0.25) is 5.02 Å². The topological polar surface area (TPSA) is 71.8 Å². The van der Waals surface area contributed by atoms with Crippen LogP contribution in [0, 0.1) is 12.7 Å². The number of thioether (sulfide) groups is 1. The molecule has 0 saturated heterocycles. The van der Waals surface area contributed by atoms with Gasteiger partial charge < -0.3 is 10.6 Å². The highest BCUT2D eigenvalue weighted by Crippen LogP contribution is 2.30. The quantitative estimate of drug-likeness (QED) is 0.285. The predicted octanol–water partition coefficient (Wildman–Crippen LogP) is 6.54. The largest absolute Gasteiger partial charge is 0.328 e. The summed E-state index contributed by atoms with van der Waals surface area (Å²) in [5, 5.41) is 15.6. The third-order valence-corrected chi connectivity index (χ3v) is 6.33. The molecule has 1 atom stereocenters. The van der Waals surface area contributed by atoms with Gasteiger partial charge in [0.1, 0.15) is 5.82 Å². The fourth-order valence-corrected chi connectivity index (χ4v) is 4.50. The SMILES string of the molecule is Cc1ccc(Cl)cc1-n1c(SCc2ccccc2)nnc1C(C)NC(=O)Nc1cccc(F)c1. The van der Waals surface area contributed by atoms with Gasteiger partial charge in [-0.3, -0.25) is 4.57 Å². The predicted molar refractivity (Wildman–Crippen MR) is 134 cm³/mol. The lowest BCUT2D eigenvalue weighted by molar-refractivity contribution is 0.249. The first-order valence-corrected chi connectivity index (χ1v) is 12.0. The molecule has 3 aromatic carbocycles. The number of nitrogens with zero attached hydrogens (tertiary/aromatic N) is 3. The summed E-state index contributed by atoms with van der Waals surface area (Å²) in [5.74, 6) is 0.831. The number of urea groups is 1. The van der Waals surface area contributed by atoms with E-state index in [-0.39, 0.29) is 0 Å². The maximum absolute atomic E-state index is 13.4. The Morgan fingerprint density at radius 3 is 2.65 bits per heavy atom. The first-order valence-electron chi connectivity index (χ1n) is 10.6. The lowest BCUT2D eigenvalue weighted by Crippen LogP contribution is -2.32. The van der Waals surface area contributed by atoms with Crippen molar-refractivity contribution < 1.29 is 9.18 Å². The van der Waals surface area contributed by atoms with Crippen LogP contribution in [0.15, 0.2) is 78.0 Å². The van der Waals surface area contributed by atoms with Crippen LogP contribution in [0.3, 0.4) is 0 Å². The molecule has 2 amide bonds. The fraction of sp³-hybridized carbons (Fsp3) is 0.160. The van der Waals surface area contributed by atoms with Crippen molar-refractivity contribution >= 4 is 35.1 Å². The Morgan fingerprint density at radius 2 is 1.88 bits per heavy atom. The van der Waals surface area contributed by atoms with Crippen molar-refractivity contribution in [2.75, 3.05) is 5.32 Å². The molecule has 0 aliphatic carbocycles. The minimum Gasteiger partial charge on any atom is -0.328 e. The van der Waals surface area contributed by atoms with Crippen LogP contribution in [0.25, 0.3) is 5.69 Å². The molecule has 2 N–H and O–H groups in total. The average Bonchev–Trinajstić information content (AvgIpc) is 3.24. The lowest BCUT2D eigenvalue weighted by Gasteiger charge is -2.18. The van der Waals surface area contributed by atoms with E-state index in [2.05, 4.69) is 33.0 Å². The third kappa shape index (κ3) is 5.76. The molecule has 0 radical (unpaired) electrons. The number of halogens is 2. The molecule has 6 nitrogen and oxygen atoms in total. The lowest BCUT2D eigenvalue weighted by atomic mass is 10.2. The van der Waals surface area contributed by atoms with Crippen molar-refractivity contribution in [2.24, 2.45) is 0 Å². The van der Waals surface area contributed by atoms with Crippen molar-refractivity contribution in [3.8, 4) is 5.69 Å². The molecule has 0 aliphatic rings. The van der Waals surface area contributed by atoms with Crippen LogP contribution in [-0.4, -0.2) is 20.8 Å². The van der Waals surface area contributed by atoms with E-state index in [1.54, 1.807) is 17.8 Å². The number of amides is 2. The van der Waals surface area contributed by atoms with Gasteiger partial charge in [0.2, 0.25) is 0 Å². The summed E-state index contributed by atoms with van der Waals surface area (Å²) >= 11 is 7.85. The molecule has 0 bridgehead atoms. The van der Waals surface area contributed by atoms with Gasteiger partial charge in [-0.1, -0.05) is 65.8 Å². The number of anilines is 1. The Kier molecular flexibility index (Phi) is 7.49. The molecule has 1 unspecified atom stereocenters. The number of aromatic nitrogens is 3. The van der Waals surface area contributed by atoms with Crippen LogP contribution in [0.4, 0.5) is 14.9 Å². The van der Waals surface area contributed by atoms with Crippen molar-refractivity contribution in [3.05, 3.63) is 101 Å². The summed E-state index contributed by atoms with van der Waals surface area (Å²) in [6.45, 7) is 3.80. The van der Waals surface area contributed by atoms with Gasteiger partial charge in [-0.2, -0.15) is 0 Å². The molecular formula is C25H23ClFN5OS. The molecule has 34 heavy (non-hydrogen) atoms. The molecule has 0 fully saturated rings. The molecule has 4 aromatic rings. The van der Waals surface area contributed by atoms with Crippen molar-refractivity contribution in [2.45, 2.75) is 30.8 Å². The van der Waals surface area contributed by atoms with Crippen LogP contribution >= 0.6 is 23.4 Å². The molecule has 1 heterocycles. The summed E-state index contributed by atoms with van der Waals surface area (Å²) in [5.41, 5.74) is 3.34. The van der Waals surface area contributed by atoms with E-state index >= 15 is 0 Å². The van der Waals surface area contributed by atoms with Gasteiger partial charge >= 0.3 is 6.03 Å². The minimum absolute atomic E-state index is 0.357. The Hall–Kier alpha value is -3.36. The molecule has 0 spiro atoms. The second-order valence-corrected chi connectivity index (χ2v) is 9.09. The maximum Gasteiger partial charge on any atom is 0.319 e. The number of carbonyl (C=O) groups excluding carboxylic acids is 1. The zero-order valence-electron chi connectivity index (χ0n) is 18.6. The van der Waals surface area contributed by atoms with E-state index in [0.29, 0.717) is 27.4 Å². The van der Waals surface area contributed by atoms with Gasteiger partial charge in [-0.05, 0) is 55.3 Å². The van der Waals surface area contributed by atoms with Gasteiger partial charge in [-0.15, -0.1) is 10.2 Å². The maximum atomic E-state index is 13.4. The molecule has 174 valence electrons. The van der Waals surface area contributed by atoms with Crippen molar-refractivity contribution in [1.29, 1.82) is 0 Å². The Bertz CT molecular complexity index is 1300. The van der Waals surface area contributed by atoms with Gasteiger partial charge in [0.15, 0.2) is 11.0 Å². The number of rotatable bonds is 7. The van der Waals surface area contributed by atoms with E-state index in [9.17, 15) is 9.18 Å². The Morgan fingerprint density at radius 1 is 1.09 bits per heavy atom. The molecule has 0 aliphatic heterocycles. The van der Waals surface area contributed by atoms with E-state index in [1.165, 1.54) is 18.2 Å². The molecule has 0 saturated carbocycles. The Labute approximate surface area is 206 Å². The van der Waals surface area contributed by atoms with E-state index in [1.807, 2.05) is 54.8 Å². The monoisotopic (exact) mass is 495 g/mol. The summed E-state index contributed by atoms with van der Waals surface area (Å²) in [6.07, 6.45) is 0. The van der Waals surface area contributed by atoms with E-state index < -0.39 is 17.9 Å². The highest BCUT2D eigenvalue weighted by atomic mass is 35.5. The van der Waals surface area contributed by atoms with Crippen molar-refractivity contribution in [1.82, 2.24) is 20.1 Å². The molecule has 4 rings (SSSR count). The number of hydrogen-bond acceptors (Lipinski definition) is 4. The average molecular weight is 496 g/mol. The Balaban J connectivity index is 1.61. The molecule has 9 heteroatoms. The standard InChI is InChI=1S/C25H23ClFN5OS/c1-16-11-12-19(26)13-22(16)32-23(30-31-25(32)34-15-18-7-4-3-5-8-18)17(2)28-24(33)29-21-10-6-9-20(27)14-21/h3-14,17H,15H2,1-2H3,(H2,28,29,33). The van der Waals surface area contributed by atoms with Gasteiger partial charge in [0, 0.05) is 16.5 Å². The summed E-state index contributed by atoms with van der Waals surface area (Å²) in [4.78, 5) is 12.6. The second kappa shape index (κ2) is 10.7. The first-order chi connectivity index (χ1) is 16.4. The highest BCUT2D eigenvalue weighted by Gasteiger charge is 2.22. The number of hydrogen-bond donors (Lipinski definition) is 2.